The fourth-order valence-electron chi connectivity index (χ4n) is 3.87. The molecular formula is C29H32ClN3O2. The molecule has 2 N–H and O–H groups in total. The lowest BCUT2D eigenvalue weighted by atomic mass is 10.1. The Morgan fingerprint density at radius 2 is 1.60 bits per heavy atom. The highest BCUT2D eigenvalue weighted by Crippen LogP contribution is 2.26. The van der Waals surface area contributed by atoms with E-state index in [2.05, 4.69) is 48.0 Å². The third-order valence-electron chi connectivity index (χ3n) is 5.73. The molecule has 6 heteroatoms. The Labute approximate surface area is 212 Å². The van der Waals surface area contributed by atoms with Gasteiger partial charge < -0.3 is 19.8 Å². The number of aromatic nitrogens is 2. The van der Waals surface area contributed by atoms with E-state index >= 15 is 0 Å². The molecule has 0 amide bonds. The predicted octanol–water partition coefficient (Wildman–Crippen LogP) is 6.49. The standard InChI is InChI=1S/C29H32ClN3O2/c1-2-3-7-29-32-28(21-33(29)25-10-14-27(15-11-25)35-19-17-31)23-8-12-26(13-9-23)34-18-16-22-5-4-6-24(30)20-22/h4-6,8-15,20-21H,2-3,7,16-19,31H2,1H3. The van der Waals surface area contributed by atoms with Crippen molar-refractivity contribution in [1.82, 2.24) is 9.55 Å². The number of hydrogen-bond acceptors (Lipinski definition) is 4. The number of unbranched alkanes of at least 4 members (excludes halogenated alkanes) is 1. The smallest absolute Gasteiger partial charge is 0.119 e. The number of rotatable bonds is 12. The molecule has 4 aromatic rings. The van der Waals surface area contributed by atoms with E-state index in [9.17, 15) is 0 Å². The van der Waals surface area contributed by atoms with E-state index in [-0.39, 0.29) is 0 Å². The summed E-state index contributed by atoms with van der Waals surface area (Å²) < 4.78 is 13.7. The third-order valence-corrected chi connectivity index (χ3v) is 5.97. The fraction of sp³-hybridized carbons (Fsp3) is 0.276. The molecule has 1 heterocycles. The first-order valence-corrected chi connectivity index (χ1v) is 12.5. The molecule has 0 fully saturated rings. The topological polar surface area (TPSA) is 62.3 Å². The normalized spacial score (nSPS) is 10.9. The fourth-order valence-corrected chi connectivity index (χ4v) is 4.09. The van der Waals surface area contributed by atoms with Crippen LogP contribution in [-0.2, 0) is 12.8 Å². The maximum atomic E-state index is 6.06. The number of nitrogens with zero attached hydrogens (tertiary/aromatic N) is 2. The molecule has 5 nitrogen and oxygen atoms in total. The first kappa shape index (κ1) is 24.8. The van der Waals surface area contributed by atoms with Gasteiger partial charge >= 0.3 is 0 Å². The largest absolute Gasteiger partial charge is 0.493 e. The van der Waals surface area contributed by atoms with Crippen LogP contribution in [0.4, 0.5) is 0 Å². The van der Waals surface area contributed by atoms with E-state index in [4.69, 9.17) is 31.8 Å². The molecule has 0 unspecified atom stereocenters. The van der Waals surface area contributed by atoms with Gasteiger partial charge in [0.05, 0.1) is 12.3 Å². The molecule has 1 aromatic heterocycles. The van der Waals surface area contributed by atoms with Crippen molar-refractivity contribution in [3.8, 4) is 28.4 Å². The highest BCUT2D eigenvalue weighted by Gasteiger charge is 2.12. The van der Waals surface area contributed by atoms with Crippen LogP contribution in [0.25, 0.3) is 16.9 Å². The van der Waals surface area contributed by atoms with Crippen molar-refractivity contribution in [3.05, 3.63) is 95.4 Å². The highest BCUT2D eigenvalue weighted by molar-refractivity contribution is 6.30. The summed E-state index contributed by atoms with van der Waals surface area (Å²) in [5.74, 6) is 2.72. The number of nitrogens with two attached hydrogens (primary N) is 1. The van der Waals surface area contributed by atoms with Gasteiger partial charge in [0.15, 0.2) is 0 Å². The summed E-state index contributed by atoms with van der Waals surface area (Å²) in [4.78, 5) is 4.97. The van der Waals surface area contributed by atoms with Crippen LogP contribution in [0.1, 0.15) is 31.2 Å². The summed E-state index contributed by atoms with van der Waals surface area (Å²) >= 11 is 6.06. The summed E-state index contributed by atoms with van der Waals surface area (Å²) in [5, 5.41) is 0.750. The molecule has 0 atom stereocenters. The zero-order valence-corrected chi connectivity index (χ0v) is 20.9. The Morgan fingerprint density at radius 3 is 2.29 bits per heavy atom. The summed E-state index contributed by atoms with van der Waals surface area (Å²) in [7, 11) is 0. The van der Waals surface area contributed by atoms with Gasteiger partial charge in [-0.2, -0.15) is 0 Å². The summed E-state index contributed by atoms with van der Waals surface area (Å²) in [6, 6.07) is 24.1. The average Bonchev–Trinajstić information content (AvgIpc) is 3.31. The molecule has 0 spiro atoms. The molecule has 0 aliphatic carbocycles. The quantitative estimate of drug-likeness (QED) is 0.247. The first-order valence-electron chi connectivity index (χ1n) is 12.2. The Morgan fingerprint density at radius 1 is 0.886 bits per heavy atom. The van der Waals surface area contributed by atoms with Crippen molar-refractivity contribution in [2.24, 2.45) is 5.73 Å². The molecule has 0 bridgehead atoms. The van der Waals surface area contributed by atoms with Crippen LogP contribution in [0.3, 0.4) is 0 Å². The molecule has 0 aliphatic heterocycles. The minimum absolute atomic E-state index is 0.500. The first-order chi connectivity index (χ1) is 17.2. The van der Waals surface area contributed by atoms with Crippen molar-refractivity contribution in [3.63, 3.8) is 0 Å². The average molecular weight is 490 g/mol. The molecule has 0 saturated heterocycles. The van der Waals surface area contributed by atoms with Gasteiger partial charge in [0.2, 0.25) is 0 Å². The zero-order chi connectivity index (χ0) is 24.5. The van der Waals surface area contributed by atoms with Gasteiger partial charge in [-0.25, -0.2) is 4.98 Å². The molecule has 182 valence electrons. The molecular weight excluding hydrogens is 458 g/mol. The maximum Gasteiger partial charge on any atom is 0.119 e. The molecule has 3 aromatic carbocycles. The number of aryl methyl sites for hydroxylation is 1. The number of halogens is 1. The van der Waals surface area contributed by atoms with Gasteiger partial charge in [-0.3, -0.25) is 0 Å². The van der Waals surface area contributed by atoms with Gasteiger partial charge in [-0.1, -0.05) is 37.1 Å². The van der Waals surface area contributed by atoms with E-state index in [1.807, 2.05) is 42.5 Å². The van der Waals surface area contributed by atoms with Gasteiger partial charge in [-0.15, -0.1) is 0 Å². The van der Waals surface area contributed by atoms with Gasteiger partial charge in [0.25, 0.3) is 0 Å². The van der Waals surface area contributed by atoms with Crippen LogP contribution < -0.4 is 15.2 Å². The van der Waals surface area contributed by atoms with E-state index < -0.39 is 0 Å². The Kier molecular flexibility index (Phi) is 8.82. The third kappa shape index (κ3) is 6.87. The van der Waals surface area contributed by atoms with Crippen molar-refractivity contribution in [2.75, 3.05) is 19.8 Å². The zero-order valence-electron chi connectivity index (χ0n) is 20.1. The van der Waals surface area contributed by atoms with Crippen LogP contribution in [0, 0.1) is 0 Å². The Balaban J connectivity index is 1.46. The second-order valence-electron chi connectivity index (χ2n) is 8.40. The van der Waals surface area contributed by atoms with E-state index in [1.165, 1.54) is 5.56 Å². The van der Waals surface area contributed by atoms with Crippen LogP contribution in [-0.4, -0.2) is 29.3 Å². The summed E-state index contributed by atoms with van der Waals surface area (Å²) in [6.45, 7) is 3.81. The lowest BCUT2D eigenvalue weighted by molar-refractivity contribution is 0.322. The molecule has 0 aliphatic rings. The minimum Gasteiger partial charge on any atom is -0.493 e. The number of benzene rings is 3. The van der Waals surface area contributed by atoms with Crippen LogP contribution in [0.5, 0.6) is 11.5 Å². The molecule has 0 saturated carbocycles. The second-order valence-corrected chi connectivity index (χ2v) is 8.84. The van der Waals surface area contributed by atoms with Crippen molar-refractivity contribution >= 4 is 11.6 Å². The minimum atomic E-state index is 0.500. The van der Waals surface area contributed by atoms with E-state index in [0.717, 1.165) is 65.0 Å². The van der Waals surface area contributed by atoms with Crippen molar-refractivity contribution in [2.45, 2.75) is 32.6 Å². The van der Waals surface area contributed by atoms with Crippen molar-refractivity contribution < 1.29 is 9.47 Å². The highest BCUT2D eigenvalue weighted by atomic mass is 35.5. The Hall–Kier alpha value is -3.28. The van der Waals surface area contributed by atoms with Crippen LogP contribution in [0.2, 0.25) is 5.02 Å². The number of imidazole rings is 1. The van der Waals surface area contributed by atoms with Crippen molar-refractivity contribution in [1.29, 1.82) is 0 Å². The summed E-state index contributed by atoms with van der Waals surface area (Å²) in [6.07, 6.45) is 6.05. The number of hydrogen-bond donors (Lipinski definition) is 1. The maximum absolute atomic E-state index is 6.06. The van der Waals surface area contributed by atoms with Crippen LogP contribution in [0.15, 0.2) is 79.0 Å². The van der Waals surface area contributed by atoms with Crippen LogP contribution >= 0.6 is 11.6 Å². The molecule has 35 heavy (non-hydrogen) atoms. The van der Waals surface area contributed by atoms with Gasteiger partial charge in [-0.05, 0) is 72.6 Å². The Bertz CT molecular complexity index is 1200. The molecule has 0 radical (unpaired) electrons. The predicted molar refractivity (Wildman–Crippen MR) is 143 cm³/mol. The monoisotopic (exact) mass is 489 g/mol. The van der Waals surface area contributed by atoms with E-state index in [0.29, 0.717) is 19.8 Å². The number of ether oxygens (including phenoxy) is 2. The second kappa shape index (κ2) is 12.4. The van der Waals surface area contributed by atoms with Gasteiger partial charge in [0, 0.05) is 41.9 Å². The lowest BCUT2D eigenvalue weighted by Gasteiger charge is -2.09. The summed E-state index contributed by atoms with van der Waals surface area (Å²) in [5.41, 5.74) is 9.78. The van der Waals surface area contributed by atoms with E-state index in [1.54, 1.807) is 0 Å². The lowest BCUT2D eigenvalue weighted by Crippen LogP contribution is -2.10. The van der Waals surface area contributed by atoms with Gasteiger partial charge in [0.1, 0.15) is 23.9 Å². The molecule has 4 rings (SSSR count). The SMILES string of the molecule is CCCCc1nc(-c2ccc(OCCc3cccc(Cl)c3)cc2)cn1-c1ccc(OCCN)cc1.